The first-order chi connectivity index (χ1) is 12.6. The van der Waals surface area contributed by atoms with Gasteiger partial charge in [0.25, 0.3) is 0 Å². The van der Waals surface area contributed by atoms with E-state index in [4.69, 9.17) is 4.74 Å². The van der Waals surface area contributed by atoms with E-state index in [0.29, 0.717) is 12.3 Å². The Morgan fingerprint density at radius 1 is 1.19 bits per heavy atom. The van der Waals surface area contributed by atoms with Gasteiger partial charge in [-0.25, -0.2) is 8.42 Å². The molecule has 2 aromatic rings. The third kappa shape index (κ3) is 6.42. The summed E-state index contributed by atoms with van der Waals surface area (Å²) < 4.78 is 31.0. The Labute approximate surface area is 160 Å². The highest BCUT2D eigenvalue weighted by molar-refractivity contribution is 7.92. The third-order valence-corrected chi connectivity index (χ3v) is 4.58. The molecule has 0 spiro atoms. The smallest absolute Gasteiger partial charge is 0.229 e. The van der Waals surface area contributed by atoms with Crippen LogP contribution in [0.15, 0.2) is 48.5 Å². The number of benzene rings is 2. The molecule has 2 rings (SSSR count). The van der Waals surface area contributed by atoms with Gasteiger partial charge in [0.2, 0.25) is 10.0 Å². The van der Waals surface area contributed by atoms with Crippen molar-refractivity contribution >= 4 is 15.7 Å². The zero-order valence-corrected chi connectivity index (χ0v) is 16.5. The van der Waals surface area contributed by atoms with Gasteiger partial charge >= 0.3 is 0 Å². The normalized spacial score (nSPS) is 15.0. The van der Waals surface area contributed by atoms with Crippen LogP contribution in [0, 0.1) is 0 Å². The monoisotopic (exact) mass is 394 g/mol. The van der Waals surface area contributed by atoms with Gasteiger partial charge in [0.15, 0.2) is 0 Å². The second-order valence-electron chi connectivity index (χ2n) is 6.77. The summed E-state index contributed by atoms with van der Waals surface area (Å²) in [6.45, 7) is 4.27. The molecule has 2 unspecified atom stereocenters. The van der Waals surface area contributed by atoms with Crippen LogP contribution in [-0.2, 0) is 15.6 Å². The van der Waals surface area contributed by atoms with Crippen LogP contribution in [0.5, 0.6) is 11.5 Å². The molecule has 148 valence electrons. The fourth-order valence-electron chi connectivity index (χ4n) is 2.53. The Morgan fingerprint density at radius 3 is 2.44 bits per heavy atom. The summed E-state index contributed by atoms with van der Waals surface area (Å²) in [6, 6.07) is 14.0. The van der Waals surface area contributed by atoms with Crippen LogP contribution in [0.25, 0.3) is 0 Å². The Morgan fingerprint density at radius 2 is 1.85 bits per heavy atom. The van der Waals surface area contributed by atoms with Gasteiger partial charge in [0.1, 0.15) is 18.1 Å². The van der Waals surface area contributed by atoms with Crippen molar-refractivity contribution < 1.29 is 23.4 Å². The predicted molar refractivity (Wildman–Crippen MR) is 106 cm³/mol. The maximum absolute atomic E-state index is 11.4. The zero-order valence-electron chi connectivity index (χ0n) is 15.6. The molecular formula is C19H26N2O5S. The molecule has 27 heavy (non-hydrogen) atoms. The average Bonchev–Trinajstić information content (AvgIpc) is 2.60. The fraction of sp³-hybridized carbons (Fsp3) is 0.368. The van der Waals surface area contributed by atoms with Crippen LogP contribution in [0.4, 0.5) is 5.69 Å². The molecule has 0 bridgehead atoms. The SMILES string of the molecule is CC(O)CNC(C)(COc1ccc(O)c(NS(C)(=O)=O)c1)c1ccccc1. The molecule has 0 aliphatic carbocycles. The topological polar surface area (TPSA) is 108 Å². The summed E-state index contributed by atoms with van der Waals surface area (Å²) in [7, 11) is -3.53. The molecule has 8 heteroatoms. The summed E-state index contributed by atoms with van der Waals surface area (Å²) >= 11 is 0. The van der Waals surface area contributed by atoms with Crippen LogP contribution in [0.2, 0.25) is 0 Å². The lowest BCUT2D eigenvalue weighted by atomic mass is 9.92. The van der Waals surface area contributed by atoms with Gasteiger partial charge in [-0.15, -0.1) is 0 Å². The molecule has 0 radical (unpaired) electrons. The number of phenolic OH excluding ortho intramolecular Hbond substituents is 1. The van der Waals surface area contributed by atoms with E-state index in [9.17, 15) is 18.6 Å². The molecule has 2 aromatic carbocycles. The summed E-state index contributed by atoms with van der Waals surface area (Å²) in [5, 5.41) is 22.8. The van der Waals surface area contributed by atoms with Crippen molar-refractivity contribution in [1.82, 2.24) is 5.32 Å². The quantitative estimate of drug-likeness (QED) is 0.485. The number of aliphatic hydroxyl groups is 1. The lowest BCUT2D eigenvalue weighted by Crippen LogP contribution is -2.47. The lowest BCUT2D eigenvalue weighted by Gasteiger charge is -2.32. The number of nitrogens with one attached hydrogen (secondary N) is 2. The van der Waals surface area contributed by atoms with E-state index < -0.39 is 21.7 Å². The Balaban J connectivity index is 2.20. The summed E-state index contributed by atoms with van der Waals surface area (Å²) in [5.74, 6) is 0.214. The number of hydrogen-bond donors (Lipinski definition) is 4. The van der Waals surface area contributed by atoms with Crippen LogP contribution in [0.1, 0.15) is 19.4 Å². The van der Waals surface area contributed by atoms with E-state index >= 15 is 0 Å². The second-order valence-corrected chi connectivity index (χ2v) is 8.52. The number of aliphatic hydroxyl groups excluding tert-OH is 1. The Hall–Kier alpha value is -2.29. The highest BCUT2D eigenvalue weighted by atomic mass is 32.2. The number of phenols is 1. The molecule has 0 aliphatic rings. The van der Waals surface area contributed by atoms with Crippen LogP contribution < -0.4 is 14.8 Å². The van der Waals surface area contributed by atoms with Gasteiger partial charge in [-0.05, 0) is 31.5 Å². The van der Waals surface area contributed by atoms with Crippen molar-refractivity contribution in [1.29, 1.82) is 0 Å². The number of ether oxygens (including phenoxy) is 1. The van der Waals surface area contributed by atoms with Crippen molar-refractivity contribution in [2.24, 2.45) is 0 Å². The summed E-state index contributed by atoms with van der Waals surface area (Å²) in [5.41, 5.74) is 0.452. The first kappa shape index (κ1) is 21.0. The van der Waals surface area contributed by atoms with E-state index in [2.05, 4.69) is 10.0 Å². The maximum Gasteiger partial charge on any atom is 0.229 e. The van der Waals surface area contributed by atoms with E-state index in [1.165, 1.54) is 12.1 Å². The second kappa shape index (κ2) is 8.60. The molecule has 2 atom stereocenters. The number of rotatable bonds is 9. The van der Waals surface area contributed by atoms with Crippen molar-refractivity contribution in [3.05, 3.63) is 54.1 Å². The molecule has 0 heterocycles. The number of hydrogen-bond acceptors (Lipinski definition) is 6. The van der Waals surface area contributed by atoms with E-state index in [-0.39, 0.29) is 18.0 Å². The van der Waals surface area contributed by atoms with Crippen LogP contribution in [0.3, 0.4) is 0 Å². The highest BCUT2D eigenvalue weighted by Gasteiger charge is 2.27. The fourth-order valence-corrected chi connectivity index (χ4v) is 3.09. The molecule has 0 aromatic heterocycles. The molecular weight excluding hydrogens is 368 g/mol. The van der Waals surface area contributed by atoms with Gasteiger partial charge in [-0.3, -0.25) is 4.72 Å². The number of anilines is 1. The first-order valence-electron chi connectivity index (χ1n) is 8.51. The molecule has 7 nitrogen and oxygen atoms in total. The molecule has 0 amide bonds. The zero-order chi connectivity index (χ0) is 20.1. The summed E-state index contributed by atoms with van der Waals surface area (Å²) in [4.78, 5) is 0. The molecule has 0 saturated heterocycles. The third-order valence-electron chi connectivity index (χ3n) is 3.99. The van der Waals surface area contributed by atoms with Crippen LogP contribution in [-0.4, -0.2) is 44.1 Å². The van der Waals surface area contributed by atoms with E-state index in [1.54, 1.807) is 13.0 Å². The van der Waals surface area contributed by atoms with Crippen molar-refractivity contribution in [3.8, 4) is 11.5 Å². The highest BCUT2D eigenvalue weighted by Crippen LogP contribution is 2.30. The minimum absolute atomic E-state index is 0.0494. The largest absolute Gasteiger partial charge is 0.506 e. The standard InChI is InChI=1S/C19H26N2O5S/c1-14(22)12-20-19(2,15-7-5-4-6-8-15)13-26-16-9-10-18(23)17(11-16)21-27(3,24)25/h4-11,14,20-23H,12-13H2,1-3H3. The van der Waals surface area contributed by atoms with Gasteiger partial charge in [0, 0.05) is 12.6 Å². The summed E-state index contributed by atoms with van der Waals surface area (Å²) in [6.07, 6.45) is 0.485. The van der Waals surface area contributed by atoms with Crippen molar-refractivity contribution in [2.45, 2.75) is 25.5 Å². The molecule has 0 saturated carbocycles. The Kier molecular flexibility index (Phi) is 6.69. The maximum atomic E-state index is 11.4. The van der Waals surface area contributed by atoms with Gasteiger partial charge in [0.05, 0.1) is 23.6 Å². The molecule has 4 N–H and O–H groups in total. The van der Waals surface area contributed by atoms with Crippen molar-refractivity contribution in [3.63, 3.8) is 0 Å². The van der Waals surface area contributed by atoms with Gasteiger partial charge < -0.3 is 20.3 Å². The molecule has 0 fully saturated rings. The van der Waals surface area contributed by atoms with E-state index in [1.807, 2.05) is 37.3 Å². The minimum atomic E-state index is -3.53. The Bertz CT molecular complexity index is 856. The van der Waals surface area contributed by atoms with Crippen LogP contribution >= 0.6 is 0 Å². The average molecular weight is 394 g/mol. The molecule has 0 aliphatic heterocycles. The van der Waals surface area contributed by atoms with Gasteiger partial charge in [-0.1, -0.05) is 30.3 Å². The predicted octanol–water partition coefficient (Wildman–Crippen LogP) is 2.03. The number of sulfonamides is 1. The number of aromatic hydroxyl groups is 1. The minimum Gasteiger partial charge on any atom is -0.506 e. The van der Waals surface area contributed by atoms with Gasteiger partial charge in [-0.2, -0.15) is 0 Å². The van der Waals surface area contributed by atoms with Crippen molar-refractivity contribution in [2.75, 3.05) is 24.1 Å². The van der Waals surface area contributed by atoms with E-state index in [0.717, 1.165) is 11.8 Å². The first-order valence-corrected chi connectivity index (χ1v) is 10.4. The lowest BCUT2D eigenvalue weighted by molar-refractivity contribution is 0.146.